The largest absolute Gasteiger partial charge is 0.354 e. The van der Waals surface area contributed by atoms with Crippen LogP contribution in [0.15, 0.2) is 0 Å². The van der Waals surface area contributed by atoms with Crippen LogP contribution in [0.3, 0.4) is 0 Å². The normalized spacial score (nSPS) is 17.2. The highest BCUT2D eigenvalue weighted by atomic mass is 16.7. The number of carbonyl (C=O) groups excluding carboxylic acids is 4. The van der Waals surface area contributed by atoms with E-state index in [0.717, 1.165) is 12.8 Å². The van der Waals surface area contributed by atoms with Crippen molar-refractivity contribution in [3.05, 3.63) is 0 Å². The summed E-state index contributed by atoms with van der Waals surface area (Å²) in [7, 11) is 0. The number of rotatable bonds is 9. The van der Waals surface area contributed by atoms with Crippen LogP contribution in [-0.4, -0.2) is 45.6 Å². The van der Waals surface area contributed by atoms with Gasteiger partial charge in [0.2, 0.25) is 11.8 Å². The minimum atomic E-state index is -0.423. The number of nitrogens with one attached hydrogen (secondary N) is 2. The Morgan fingerprint density at radius 2 is 0.962 bits per heavy atom. The fourth-order valence-electron chi connectivity index (χ4n) is 2.55. The number of imide groups is 2. The second-order valence-electron chi connectivity index (χ2n) is 6.11. The summed E-state index contributed by atoms with van der Waals surface area (Å²) >= 11 is 0. The van der Waals surface area contributed by atoms with Gasteiger partial charge in [0.15, 0.2) is 0 Å². The fourth-order valence-corrected chi connectivity index (χ4v) is 2.55. The van der Waals surface area contributed by atoms with Crippen molar-refractivity contribution in [2.75, 3.05) is 0 Å². The van der Waals surface area contributed by atoms with Crippen molar-refractivity contribution in [1.82, 2.24) is 10.1 Å². The zero-order valence-electron chi connectivity index (χ0n) is 14.4. The maximum atomic E-state index is 11.4. The van der Waals surface area contributed by atoms with Gasteiger partial charge in [-0.25, -0.2) is 0 Å². The number of hydrogen-bond acceptors (Lipinski definition) is 8. The van der Waals surface area contributed by atoms with Crippen LogP contribution in [0.2, 0.25) is 0 Å². The molecule has 2 N–H and O–H groups in total. The lowest BCUT2D eigenvalue weighted by Gasteiger charge is -2.15. The second kappa shape index (κ2) is 9.07. The van der Waals surface area contributed by atoms with Gasteiger partial charge in [0, 0.05) is 38.5 Å². The summed E-state index contributed by atoms with van der Waals surface area (Å²) in [6.45, 7) is 0. The van der Waals surface area contributed by atoms with Crippen LogP contribution in [0.4, 0.5) is 0 Å². The van der Waals surface area contributed by atoms with E-state index in [2.05, 4.69) is 0 Å². The van der Waals surface area contributed by atoms with E-state index in [1.165, 1.54) is 0 Å². The Morgan fingerprint density at radius 3 is 1.27 bits per heavy atom. The molecule has 0 aromatic heterocycles. The summed E-state index contributed by atoms with van der Waals surface area (Å²) in [5.74, 6) is -1.95. The molecule has 0 aromatic rings. The predicted molar refractivity (Wildman–Crippen MR) is 87.5 cm³/mol. The summed E-state index contributed by atoms with van der Waals surface area (Å²) in [5, 5.41) is 16.6. The summed E-state index contributed by atoms with van der Waals surface area (Å²) < 4.78 is 0. The van der Waals surface area contributed by atoms with Gasteiger partial charge in [-0.05, 0) is 12.8 Å². The number of amides is 4. The standard InChI is InChI=1S/C16H22N4O6/c17-11(25-19-13(21)7-8-14(19)22)5-3-1-2-4-6-12(18)26-20-15(23)9-10-16(20)24/h17-18H,1-10H2. The molecule has 0 atom stereocenters. The van der Waals surface area contributed by atoms with Crippen molar-refractivity contribution in [1.29, 1.82) is 10.8 Å². The van der Waals surface area contributed by atoms with E-state index >= 15 is 0 Å². The predicted octanol–water partition coefficient (Wildman–Crippen LogP) is 1.44. The number of hydroxylamine groups is 4. The first kappa shape index (κ1) is 19.5. The monoisotopic (exact) mass is 366 g/mol. The van der Waals surface area contributed by atoms with E-state index < -0.39 is 23.6 Å². The number of nitrogens with zero attached hydrogens (tertiary/aromatic N) is 2. The van der Waals surface area contributed by atoms with Gasteiger partial charge in [0.05, 0.1) is 0 Å². The Labute approximate surface area is 150 Å². The summed E-state index contributed by atoms with van der Waals surface area (Å²) in [6, 6.07) is 0. The molecule has 2 saturated heterocycles. The van der Waals surface area contributed by atoms with Crippen LogP contribution in [0.25, 0.3) is 0 Å². The molecule has 0 aliphatic carbocycles. The lowest BCUT2D eigenvalue weighted by atomic mass is 10.1. The van der Waals surface area contributed by atoms with Crippen molar-refractivity contribution >= 4 is 35.4 Å². The third-order valence-corrected chi connectivity index (χ3v) is 3.97. The van der Waals surface area contributed by atoms with Gasteiger partial charge in [-0.2, -0.15) is 0 Å². The molecule has 10 heteroatoms. The summed E-state index contributed by atoms with van der Waals surface area (Å²) in [4.78, 5) is 55.4. The average Bonchev–Trinajstić information content (AvgIpc) is 3.08. The molecule has 0 bridgehead atoms. The quantitative estimate of drug-likeness (QED) is 0.274. The Hall–Kier alpha value is -2.78. The van der Waals surface area contributed by atoms with Crippen LogP contribution in [-0.2, 0) is 28.9 Å². The molecule has 142 valence electrons. The average molecular weight is 366 g/mol. The Balaban J connectivity index is 1.52. The molecular formula is C16H22N4O6. The molecule has 2 rings (SSSR count). The van der Waals surface area contributed by atoms with Crippen LogP contribution in [0.1, 0.15) is 64.2 Å². The molecular weight excluding hydrogens is 344 g/mol. The highest BCUT2D eigenvalue weighted by Crippen LogP contribution is 2.15. The van der Waals surface area contributed by atoms with Gasteiger partial charge < -0.3 is 9.68 Å². The Kier molecular flexibility index (Phi) is 6.81. The van der Waals surface area contributed by atoms with E-state index in [4.69, 9.17) is 20.5 Å². The van der Waals surface area contributed by atoms with Crippen LogP contribution >= 0.6 is 0 Å². The number of hydrogen-bond donors (Lipinski definition) is 2. The van der Waals surface area contributed by atoms with Crippen LogP contribution in [0.5, 0.6) is 0 Å². The molecule has 0 unspecified atom stereocenters. The fraction of sp³-hybridized carbons (Fsp3) is 0.625. The highest BCUT2D eigenvalue weighted by molar-refractivity contribution is 6.02. The molecule has 0 aromatic carbocycles. The number of unbranched alkanes of at least 4 members (excludes halogenated alkanes) is 3. The van der Waals surface area contributed by atoms with Crippen molar-refractivity contribution in [2.24, 2.45) is 0 Å². The van der Waals surface area contributed by atoms with E-state index in [1.54, 1.807) is 0 Å². The molecule has 0 saturated carbocycles. The first-order chi connectivity index (χ1) is 12.4. The zero-order chi connectivity index (χ0) is 19.1. The van der Waals surface area contributed by atoms with Gasteiger partial charge in [-0.3, -0.25) is 30.0 Å². The van der Waals surface area contributed by atoms with Crippen molar-refractivity contribution in [2.45, 2.75) is 64.2 Å². The zero-order valence-corrected chi connectivity index (χ0v) is 14.4. The second-order valence-corrected chi connectivity index (χ2v) is 6.11. The van der Waals surface area contributed by atoms with Gasteiger partial charge in [-0.1, -0.05) is 12.8 Å². The van der Waals surface area contributed by atoms with Gasteiger partial charge in [0.25, 0.3) is 23.6 Å². The topological polar surface area (TPSA) is 141 Å². The van der Waals surface area contributed by atoms with E-state index in [1.807, 2.05) is 0 Å². The minimum Gasteiger partial charge on any atom is -0.354 e. The van der Waals surface area contributed by atoms with Crippen molar-refractivity contribution in [3.63, 3.8) is 0 Å². The van der Waals surface area contributed by atoms with E-state index in [0.29, 0.717) is 35.8 Å². The first-order valence-corrected chi connectivity index (χ1v) is 8.61. The lowest BCUT2D eigenvalue weighted by molar-refractivity contribution is -0.169. The van der Waals surface area contributed by atoms with Crippen LogP contribution < -0.4 is 0 Å². The molecule has 0 spiro atoms. The van der Waals surface area contributed by atoms with Crippen molar-refractivity contribution < 1.29 is 28.9 Å². The number of carbonyl (C=O) groups is 4. The Morgan fingerprint density at radius 1 is 0.654 bits per heavy atom. The van der Waals surface area contributed by atoms with Gasteiger partial charge >= 0.3 is 0 Å². The molecule has 10 nitrogen and oxygen atoms in total. The maximum Gasteiger partial charge on any atom is 0.263 e. The van der Waals surface area contributed by atoms with E-state index in [-0.39, 0.29) is 37.5 Å². The molecule has 2 aliphatic rings. The third kappa shape index (κ3) is 5.36. The Bertz CT molecular complexity index is 546. The van der Waals surface area contributed by atoms with Crippen molar-refractivity contribution in [3.8, 4) is 0 Å². The SMILES string of the molecule is N=C(CCCCCCC(=N)ON1C(=O)CCC1=O)ON1C(=O)CCC1=O. The van der Waals surface area contributed by atoms with E-state index in [9.17, 15) is 19.2 Å². The maximum absolute atomic E-state index is 11.4. The summed E-state index contributed by atoms with van der Waals surface area (Å²) in [5.41, 5.74) is 0. The first-order valence-electron chi connectivity index (χ1n) is 8.61. The molecule has 4 amide bonds. The molecule has 26 heavy (non-hydrogen) atoms. The smallest absolute Gasteiger partial charge is 0.263 e. The lowest BCUT2D eigenvalue weighted by Crippen LogP contribution is -2.31. The van der Waals surface area contributed by atoms with Gasteiger partial charge in [-0.15, -0.1) is 10.1 Å². The molecule has 0 radical (unpaired) electrons. The summed E-state index contributed by atoms with van der Waals surface area (Å²) in [6.07, 6.45) is 3.92. The highest BCUT2D eigenvalue weighted by Gasteiger charge is 2.32. The van der Waals surface area contributed by atoms with Gasteiger partial charge in [0.1, 0.15) is 0 Å². The molecule has 2 heterocycles. The minimum absolute atomic E-state index is 0.120. The van der Waals surface area contributed by atoms with Crippen LogP contribution in [0, 0.1) is 10.8 Å². The third-order valence-electron chi connectivity index (χ3n) is 3.97. The molecule has 2 aliphatic heterocycles. The molecule has 2 fully saturated rings.